The number of aromatic nitrogens is 4. The average Bonchev–Trinajstić information content (AvgIpc) is 3.13. The highest BCUT2D eigenvalue weighted by Gasteiger charge is 2.32. The molecule has 1 atom stereocenters. The summed E-state index contributed by atoms with van der Waals surface area (Å²) in [5.74, 6) is 0.924. The van der Waals surface area contributed by atoms with E-state index in [2.05, 4.69) is 15.3 Å². The molecule has 0 unspecified atom stereocenters. The van der Waals surface area contributed by atoms with Crippen molar-refractivity contribution in [3.05, 3.63) is 34.3 Å². The molecule has 3 heterocycles. The highest BCUT2D eigenvalue weighted by molar-refractivity contribution is 7.91. The van der Waals surface area contributed by atoms with Gasteiger partial charge in [-0.05, 0) is 18.6 Å². The largest absolute Gasteiger partial charge is 0.234 e. The second kappa shape index (κ2) is 5.00. The van der Waals surface area contributed by atoms with Crippen LogP contribution in [0.1, 0.15) is 17.3 Å². The van der Waals surface area contributed by atoms with E-state index in [1.165, 1.54) is 11.3 Å². The molecule has 2 aromatic heterocycles. The van der Waals surface area contributed by atoms with Gasteiger partial charge in [0.1, 0.15) is 5.01 Å². The van der Waals surface area contributed by atoms with Gasteiger partial charge in [-0.15, -0.1) is 10.2 Å². The smallest absolute Gasteiger partial charge is 0.229 e. The van der Waals surface area contributed by atoms with E-state index in [0.29, 0.717) is 22.2 Å². The Balaban J connectivity index is 1.79. The molecule has 22 heavy (non-hydrogen) atoms. The second-order valence-corrected chi connectivity index (χ2v) is 8.86. The van der Waals surface area contributed by atoms with Gasteiger partial charge >= 0.3 is 0 Å². The molecular formula is C13H11ClN4O2S2. The number of hydrogen-bond donors (Lipinski definition) is 0. The lowest BCUT2D eigenvalue weighted by atomic mass is 10.1. The van der Waals surface area contributed by atoms with Crippen molar-refractivity contribution >= 4 is 37.7 Å². The van der Waals surface area contributed by atoms with Crippen molar-refractivity contribution in [2.75, 3.05) is 11.5 Å². The standard InChI is InChI=1S/C13H11ClN4O2S2/c14-10-4-2-1-3-9(10)11-15-16-13-18(11)17-12(21-13)8-5-6-22(19,20)7-8/h1-4,8H,5-7H2/t8-/m1/s1. The molecule has 3 aromatic rings. The lowest BCUT2D eigenvalue weighted by molar-refractivity contribution is 0.601. The van der Waals surface area contributed by atoms with Gasteiger partial charge in [0, 0.05) is 11.5 Å². The fourth-order valence-corrected chi connectivity index (χ4v) is 5.64. The van der Waals surface area contributed by atoms with Crippen molar-refractivity contribution in [3.8, 4) is 11.4 Å². The third-order valence-electron chi connectivity index (χ3n) is 3.70. The normalized spacial score (nSPS) is 20.7. The molecule has 0 bridgehead atoms. The molecule has 1 fully saturated rings. The van der Waals surface area contributed by atoms with Crippen LogP contribution in [0.25, 0.3) is 16.3 Å². The van der Waals surface area contributed by atoms with Gasteiger partial charge in [0.25, 0.3) is 0 Å². The molecular weight excluding hydrogens is 344 g/mol. The molecule has 1 aromatic carbocycles. The van der Waals surface area contributed by atoms with Crippen molar-refractivity contribution in [1.29, 1.82) is 0 Å². The van der Waals surface area contributed by atoms with E-state index in [1.54, 1.807) is 10.6 Å². The Kier molecular flexibility index (Phi) is 3.21. The zero-order chi connectivity index (χ0) is 15.3. The van der Waals surface area contributed by atoms with Crippen LogP contribution < -0.4 is 0 Å². The van der Waals surface area contributed by atoms with Gasteiger partial charge in [0.05, 0.1) is 16.5 Å². The number of fused-ring (bicyclic) bond motifs is 1. The van der Waals surface area contributed by atoms with Crippen LogP contribution in [0.4, 0.5) is 0 Å². The van der Waals surface area contributed by atoms with Crippen molar-refractivity contribution in [2.24, 2.45) is 0 Å². The Labute approximate surface area is 135 Å². The van der Waals surface area contributed by atoms with Crippen molar-refractivity contribution < 1.29 is 8.42 Å². The minimum absolute atomic E-state index is 0.0456. The summed E-state index contributed by atoms with van der Waals surface area (Å²) in [6.07, 6.45) is 0.619. The van der Waals surface area contributed by atoms with Crippen LogP contribution in [-0.4, -0.2) is 39.7 Å². The van der Waals surface area contributed by atoms with E-state index in [0.717, 1.165) is 10.6 Å². The highest BCUT2D eigenvalue weighted by atomic mass is 35.5. The van der Waals surface area contributed by atoms with Gasteiger partial charge in [-0.25, -0.2) is 8.42 Å². The Morgan fingerprint density at radius 2 is 2.09 bits per heavy atom. The van der Waals surface area contributed by atoms with E-state index in [4.69, 9.17) is 11.6 Å². The first kappa shape index (κ1) is 14.1. The first-order valence-corrected chi connectivity index (χ1v) is 9.72. The number of sulfone groups is 1. The molecule has 114 valence electrons. The average molecular weight is 355 g/mol. The molecule has 0 amide bonds. The molecule has 0 spiro atoms. The number of rotatable bonds is 2. The summed E-state index contributed by atoms with van der Waals surface area (Å²) in [4.78, 5) is 0.647. The Bertz CT molecular complexity index is 963. The predicted octanol–water partition coefficient (Wildman–Crippen LogP) is 2.41. The summed E-state index contributed by atoms with van der Waals surface area (Å²) in [6.45, 7) is 0. The second-order valence-electron chi connectivity index (χ2n) is 5.24. The zero-order valence-electron chi connectivity index (χ0n) is 11.3. The van der Waals surface area contributed by atoms with Gasteiger partial charge in [-0.2, -0.15) is 9.61 Å². The van der Waals surface area contributed by atoms with Crippen LogP contribution in [0.3, 0.4) is 0 Å². The van der Waals surface area contributed by atoms with Crippen LogP contribution in [0, 0.1) is 0 Å². The first-order valence-electron chi connectivity index (χ1n) is 6.71. The highest BCUT2D eigenvalue weighted by Crippen LogP contribution is 2.33. The summed E-state index contributed by atoms with van der Waals surface area (Å²) in [5.41, 5.74) is 0.757. The number of nitrogens with zero attached hydrogens (tertiary/aromatic N) is 4. The maximum absolute atomic E-state index is 11.6. The van der Waals surface area contributed by atoms with Crippen molar-refractivity contribution in [3.63, 3.8) is 0 Å². The van der Waals surface area contributed by atoms with Crippen LogP contribution in [0.5, 0.6) is 0 Å². The van der Waals surface area contributed by atoms with Gasteiger partial charge in [-0.3, -0.25) is 0 Å². The Morgan fingerprint density at radius 1 is 1.27 bits per heavy atom. The Hall–Kier alpha value is -1.51. The van der Waals surface area contributed by atoms with Gasteiger partial charge in [-0.1, -0.05) is 35.1 Å². The lowest BCUT2D eigenvalue weighted by Gasteiger charge is -2.01. The number of halogens is 1. The van der Waals surface area contributed by atoms with Crippen molar-refractivity contribution in [2.45, 2.75) is 12.3 Å². The quantitative estimate of drug-likeness (QED) is 0.706. The SMILES string of the molecule is O=S1(=O)CC[C@@H](c2nn3c(-c4ccccc4Cl)nnc3s2)C1. The minimum Gasteiger partial charge on any atom is -0.229 e. The fourth-order valence-electron chi connectivity index (χ4n) is 2.60. The molecule has 0 saturated carbocycles. The molecule has 1 saturated heterocycles. The van der Waals surface area contributed by atoms with E-state index < -0.39 is 9.84 Å². The topological polar surface area (TPSA) is 77.2 Å². The summed E-state index contributed by atoms with van der Waals surface area (Å²) < 4.78 is 24.9. The predicted molar refractivity (Wildman–Crippen MR) is 85.1 cm³/mol. The third-order valence-corrected chi connectivity index (χ3v) is 6.86. The maximum atomic E-state index is 11.6. The monoisotopic (exact) mass is 354 g/mol. The lowest BCUT2D eigenvalue weighted by Crippen LogP contribution is -2.04. The summed E-state index contributed by atoms with van der Waals surface area (Å²) in [7, 11) is -2.93. The molecule has 0 aliphatic carbocycles. The summed E-state index contributed by atoms with van der Waals surface area (Å²) in [5, 5.41) is 14.2. The van der Waals surface area contributed by atoms with Gasteiger partial charge in [0.2, 0.25) is 4.96 Å². The molecule has 9 heteroatoms. The Morgan fingerprint density at radius 3 is 2.82 bits per heavy atom. The molecule has 1 aliphatic heterocycles. The minimum atomic E-state index is -2.93. The molecule has 0 radical (unpaired) electrons. The molecule has 1 aliphatic rings. The number of hydrogen-bond acceptors (Lipinski definition) is 6. The summed E-state index contributed by atoms with van der Waals surface area (Å²) in [6, 6.07) is 7.37. The molecule has 6 nitrogen and oxygen atoms in total. The number of benzene rings is 1. The maximum Gasteiger partial charge on any atom is 0.234 e. The first-order chi connectivity index (χ1) is 10.5. The van der Waals surface area contributed by atoms with E-state index in [9.17, 15) is 8.42 Å². The van der Waals surface area contributed by atoms with Crippen LogP contribution in [0.2, 0.25) is 5.02 Å². The van der Waals surface area contributed by atoms with E-state index >= 15 is 0 Å². The van der Waals surface area contributed by atoms with E-state index in [1.807, 2.05) is 18.2 Å². The van der Waals surface area contributed by atoms with Gasteiger partial charge < -0.3 is 0 Å². The zero-order valence-corrected chi connectivity index (χ0v) is 13.7. The van der Waals surface area contributed by atoms with Crippen LogP contribution >= 0.6 is 22.9 Å². The molecule has 0 N–H and O–H groups in total. The van der Waals surface area contributed by atoms with Crippen LogP contribution in [-0.2, 0) is 9.84 Å². The van der Waals surface area contributed by atoms with E-state index in [-0.39, 0.29) is 17.4 Å². The third kappa shape index (κ3) is 2.31. The van der Waals surface area contributed by atoms with Crippen molar-refractivity contribution in [1.82, 2.24) is 19.8 Å². The van der Waals surface area contributed by atoms with Crippen LogP contribution in [0.15, 0.2) is 24.3 Å². The fraction of sp³-hybridized carbons (Fsp3) is 0.308. The summed E-state index contributed by atoms with van der Waals surface area (Å²) >= 11 is 7.59. The van der Waals surface area contributed by atoms with Gasteiger partial charge in [0.15, 0.2) is 15.7 Å². The molecule has 4 rings (SSSR count).